The number of nitrogens with zero attached hydrogens (tertiary/aromatic N) is 1. The van der Waals surface area contributed by atoms with Gasteiger partial charge in [0.2, 0.25) is 5.91 Å². The van der Waals surface area contributed by atoms with E-state index in [9.17, 15) is 4.79 Å². The van der Waals surface area contributed by atoms with E-state index in [-0.39, 0.29) is 5.92 Å². The maximum Gasteiger partial charge on any atom is 0.225 e. The minimum Gasteiger partial charge on any atom is -0.339 e. The second-order valence-electron chi connectivity index (χ2n) is 7.15. The standard InChI is InChI=1S/C18H34N2O/c1-3-13-20(17-9-11-19-12-10-17)18(21)15(2)14-16-7-5-4-6-8-16/h15-17,19H,3-14H2,1-2H3. The Morgan fingerprint density at radius 1 is 1.14 bits per heavy atom. The fraction of sp³-hybridized carbons (Fsp3) is 0.944. The van der Waals surface area contributed by atoms with Crippen LogP contribution in [-0.2, 0) is 4.79 Å². The molecule has 0 aromatic rings. The largest absolute Gasteiger partial charge is 0.339 e. The van der Waals surface area contributed by atoms with E-state index < -0.39 is 0 Å². The number of amides is 1. The van der Waals surface area contributed by atoms with Gasteiger partial charge in [-0.1, -0.05) is 46.0 Å². The van der Waals surface area contributed by atoms with Crippen LogP contribution in [0.25, 0.3) is 0 Å². The lowest BCUT2D eigenvalue weighted by atomic mass is 9.82. The van der Waals surface area contributed by atoms with E-state index in [1.54, 1.807) is 0 Å². The van der Waals surface area contributed by atoms with Gasteiger partial charge in [-0.15, -0.1) is 0 Å². The third kappa shape index (κ3) is 4.98. The lowest BCUT2D eigenvalue weighted by Crippen LogP contribution is -2.48. The summed E-state index contributed by atoms with van der Waals surface area (Å²) in [5, 5.41) is 3.41. The summed E-state index contributed by atoms with van der Waals surface area (Å²) in [5.41, 5.74) is 0. The zero-order valence-corrected chi connectivity index (χ0v) is 14.1. The zero-order chi connectivity index (χ0) is 15.1. The Balaban J connectivity index is 1.89. The molecule has 1 aliphatic carbocycles. The molecule has 0 aromatic heterocycles. The van der Waals surface area contributed by atoms with E-state index >= 15 is 0 Å². The molecule has 1 aliphatic heterocycles. The fourth-order valence-electron chi connectivity index (χ4n) is 4.14. The Morgan fingerprint density at radius 3 is 2.43 bits per heavy atom. The number of nitrogens with one attached hydrogen (secondary N) is 1. The third-order valence-electron chi connectivity index (χ3n) is 5.33. The molecule has 1 N–H and O–H groups in total. The first-order valence-electron chi connectivity index (χ1n) is 9.23. The second kappa shape index (κ2) is 8.77. The number of carbonyl (C=O) groups excluding carboxylic acids is 1. The Bertz CT molecular complexity index is 306. The number of piperidine rings is 1. The average molecular weight is 294 g/mol. The van der Waals surface area contributed by atoms with E-state index in [1.165, 1.54) is 32.1 Å². The summed E-state index contributed by atoms with van der Waals surface area (Å²) in [7, 11) is 0. The van der Waals surface area contributed by atoms with Gasteiger partial charge in [-0.3, -0.25) is 4.79 Å². The van der Waals surface area contributed by atoms with Crippen LogP contribution >= 0.6 is 0 Å². The van der Waals surface area contributed by atoms with Crippen LogP contribution in [0.4, 0.5) is 0 Å². The molecule has 1 atom stereocenters. The molecule has 0 spiro atoms. The number of rotatable bonds is 6. The summed E-state index contributed by atoms with van der Waals surface area (Å²) in [6.07, 6.45) is 11.3. The summed E-state index contributed by atoms with van der Waals surface area (Å²) in [5.74, 6) is 1.44. The lowest BCUT2D eigenvalue weighted by Gasteiger charge is -2.37. The van der Waals surface area contributed by atoms with Crippen molar-refractivity contribution in [1.82, 2.24) is 10.2 Å². The van der Waals surface area contributed by atoms with Crippen molar-refractivity contribution in [2.75, 3.05) is 19.6 Å². The van der Waals surface area contributed by atoms with Crippen LogP contribution in [0.1, 0.15) is 71.6 Å². The molecule has 122 valence electrons. The molecule has 0 aromatic carbocycles. The van der Waals surface area contributed by atoms with Crippen LogP contribution in [-0.4, -0.2) is 36.5 Å². The molecule has 1 amide bonds. The Hall–Kier alpha value is -0.570. The van der Waals surface area contributed by atoms with Gasteiger partial charge < -0.3 is 10.2 Å². The highest BCUT2D eigenvalue weighted by Crippen LogP contribution is 2.30. The Kier molecular flexibility index (Phi) is 7.01. The third-order valence-corrected chi connectivity index (χ3v) is 5.33. The fourth-order valence-corrected chi connectivity index (χ4v) is 4.14. The Morgan fingerprint density at radius 2 is 1.81 bits per heavy atom. The van der Waals surface area contributed by atoms with Gasteiger partial charge >= 0.3 is 0 Å². The van der Waals surface area contributed by atoms with E-state index in [2.05, 4.69) is 24.1 Å². The van der Waals surface area contributed by atoms with Crippen molar-refractivity contribution in [1.29, 1.82) is 0 Å². The SMILES string of the molecule is CCCN(C(=O)C(C)CC1CCCCC1)C1CCNCC1. The number of hydrogen-bond donors (Lipinski definition) is 1. The minimum atomic E-state index is 0.217. The molecule has 21 heavy (non-hydrogen) atoms. The van der Waals surface area contributed by atoms with Gasteiger partial charge in [-0.2, -0.15) is 0 Å². The van der Waals surface area contributed by atoms with Crippen LogP contribution in [0.5, 0.6) is 0 Å². The van der Waals surface area contributed by atoms with Gasteiger partial charge in [-0.05, 0) is 44.7 Å². The van der Waals surface area contributed by atoms with Crippen molar-refractivity contribution in [2.45, 2.75) is 77.7 Å². The second-order valence-corrected chi connectivity index (χ2v) is 7.15. The predicted molar refractivity (Wildman–Crippen MR) is 88.3 cm³/mol. The molecule has 3 heteroatoms. The molecule has 1 saturated heterocycles. The van der Waals surface area contributed by atoms with E-state index in [1.807, 2.05) is 0 Å². The quantitative estimate of drug-likeness (QED) is 0.812. The van der Waals surface area contributed by atoms with Crippen LogP contribution in [0, 0.1) is 11.8 Å². The lowest BCUT2D eigenvalue weighted by molar-refractivity contribution is -0.138. The van der Waals surface area contributed by atoms with Gasteiger partial charge in [0.1, 0.15) is 0 Å². The summed E-state index contributed by atoms with van der Waals surface area (Å²) in [4.78, 5) is 15.1. The molecular formula is C18H34N2O. The molecule has 2 fully saturated rings. The normalized spacial score (nSPS) is 23.0. The first-order valence-corrected chi connectivity index (χ1v) is 9.23. The minimum absolute atomic E-state index is 0.217. The summed E-state index contributed by atoms with van der Waals surface area (Å²) in [6.45, 7) is 7.43. The molecule has 1 heterocycles. The highest BCUT2D eigenvalue weighted by atomic mass is 16.2. The molecular weight excluding hydrogens is 260 g/mol. The van der Waals surface area contributed by atoms with Crippen LogP contribution in [0.15, 0.2) is 0 Å². The van der Waals surface area contributed by atoms with Crippen molar-refractivity contribution in [3.63, 3.8) is 0 Å². The van der Waals surface area contributed by atoms with Gasteiger partial charge in [0.05, 0.1) is 0 Å². The number of hydrogen-bond acceptors (Lipinski definition) is 2. The van der Waals surface area contributed by atoms with Gasteiger partial charge in [-0.25, -0.2) is 0 Å². The smallest absolute Gasteiger partial charge is 0.225 e. The summed E-state index contributed by atoms with van der Waals surface area (Å²) >= 11 is 0. The highest BCUT2D eigenvalue weighted by Gasteiger charge is 2.29. The summed E-state index contributed by atoms with van der Waals surface area (Å²) in [6, 6.07) is 0.479. The van der Waals surface area contributed by atoms with Crippen LogP contribution < -0.4 is 5.32 Å². The van der Waals surface area contributed by atoms with Gasteiger partial charge in [0.15, 0.2) is 0 Å². The van der Waals surface area contributed by atoms with Crippen molar-refractivity contribution < 1.29 is 4.79 Å². The Labute approximate surface area is 130 Å². The highest BCUT2D eigenvalue weighted by molar-refractivity contribution is 5.78. The average Bonchev–Trinajstić information content (AvgIpc) is 2.53. The topological polar surface area (TPSA) is 32.3 Å². The first-order chi connectivity index (χ1) is 10.2. The summed E-state index contributed by atoms with van der Waals surface area (Å²) < 4.78 is 0. The molecule has 3 nitrogen and oxygen atoms in total. The monoisotopic (exact) mass is 294 g/mol. The number of carbonyl (C=O) groups is 1. The van der Waals surface area contributed by atoms with Crippen molar-refractivity contribution in [2.24, 2.45) is 11.8 Å². The molecule has 0 radical (unpaired) electrons. The maximum absolute atomic E-state index is 12.9. The van der Waals surface area contributed by atoms with E-state index in [0.29, 0.717) is 11.9 Å². The predicted octanol–water partition coefficient (Wildman–Crippen LogP) is 3.58. The van der Waals surface area contributed by atoms with Gasteiger partial charge in [0, 0.05) is 18.5 Å². The van der Waals surface area contributed by atoms with E-state index in [0.717, 1.165) is 51.2 Å². The molecule has 1 unspecified atom stereocenters. The van der Waals surface area contributed by atoms with Gasteiger partial charge in [0.25, 0.3) is 0 Å². The maximum atomic E-state index is 12.9. The van der Waals surface area contributed by atoms with Crippen molar-refractivity contribution in [3.05, 3.63) is 0 Å². The molecule has 1 saturated carbocycles. The van der Waals surface area contributed by atoms with E-state index in [4.69, 9.17) is 0 Å². The molecule has 2 aliphatic rings. The molecule has 2 rings (SSSR count). The first kappa shape index (κ1) is 16.8. The molecule has 0 bridgehead atoms. The van der Waals surface area contributed by atoms with Crippen molar-refractivity contribution >= 4 is 5.91 Å². The zero-order valence-electron chi connectivity index (χ0n) is 14.1. The van der Waals surface area contributed by atoms with Crippen molar-refractivity contribution in [3.8, 4) is 0 Å². The van der Waals surface area contributed by atoms with Crippen LogP contribution in [0.3, 0.4) is 0 Å². The van der Waals surface area contributed by atoms with Crippen LogP contribution in [0.2, 0.25) is 0 Å².